The molecule has 0 radical (unpaired) electrons. The maximum Gasteiger partial charge on any atom is 0.417 e. The summed E-state index contributed by atoms with van der Waals surface area (Å²) in [4.78, 5) is 19.4. The van der Waals surface area contributed by atoms with E-state index in [1.807, 2.05) is 6.92 Å². The van der Waals surface area contributed by atoms with Gasteiger partial charge in [0.25, 0.3) is 0 Å². The Morgan fingerprint density at radius 2 is 2.13 bits per heavy atom. The highest BCUT2D eigenvalue weighted by molar-refractivity contribution is 5.87. The van der Waals surface area contributed by atoms with E-state index in [0.717, 1.165) is 31.5 Å². The molecule has 0 aromatic carbocycles. The highest BCUT2D eigenvalue weighted by Crippen LogP contribution is 2.54. The number of halogens is 3. The summed E-state index contributed by atoms with van der Waals surface area (Å²) in [5.74, 6) is 0.336. The van der Waals surface area contributed by atoms with Gasteiger partial charge in [0.2, 0.25) is 5.91 Å². The van der Waals surface area contributed by atoms with Crippen molar-refractivity contribution in [1.29, 1.82) is 0 Å². The molecule has 1 saturated heterocycles. The van der Waals surface area contributed by atoms with Gasteiger partial charge < -0.3 is 15.3 Å². The molecule has 5 nitrogen and oxygen atoms in total. The van der Waals surface area contributed by atoms with Gasteiger partial charge in [-0.1, -0.05) is 13.8 Å². The number of aliphatic hydroxyl groups excluding tert-OH is 1. The number of hydrogen-bond donors (Lipinski definition) is 2. The molecule has 3 heterocycles. The van der Waals surface area contributed by atoms with Crippen molar-refractivity contribution in [1.82, 2.24) is 15.2 Å². The molecule has 1 aromatic heterocycles. The third-order valence-electron chi connectivity index (χ3n) is 7.86. The predicted octanol–water partition coefficient (Wildman–Crippen LogP) is 3.15. The first-order valence-electron chi connectivity index (χ1n) is 10.8. The van der Waals surface area contributed by atoms with E-state index in [1.54, 1.807) is 4.90 Å². The van der Waals surface area contributed by atoms with E-state index in [2.05, 4.69) is 24.1 Å². The molecule has 3 aliphatic rings. The second kappa shape index (κ2) is 7.48. The van der Waals surface area contributed by atoms with Crippen molar-refractivity contribution < 1.29 is 23.1 Å². The van der Waals surface area contributed by atoms with E-state index in [4.69, 9.17) is 0 Å². The molecule has 2 fully saturated rings. The lowest BCUT2D eigenvalue weighted by Gasteiger charge is -2.33. The number of hydrogen-bond acceptors (Lipinski definition) is 4. The van der Waals surface area contributed by atoms with E-state index >= 15 is 0 Å². The Bertz CT molecular complexity index is 830. The van der Waals surface area contributed by atoms with Crippen molar-refractivity contribution in [3.63, 3.8) is 0 Å². The van der Waals surface area contributed by atoms with E-state index in [1.165, 1.54) is 0 Å². The molecule has 2 N–H and O–H groups in total. The Morgan fingerprint density at radius 1 is 1.40 bits per heavy atom. The monoisotopic (exact) mass is 425 g/mol. The first kappa shape index (κ1) is 21.6. The third kappa shape index (κ3) is 3.42. The summed E-state index contributed by atoms with van der Waals surface area (Å²) in [5, 5.41) is 13.0. The summed E-state index contributed by atoms with van der Waals surface area (Å²) in [6.45, 7) is 6.47. The zero-order valence-corrected chi connectivity index (χ0v) is 17.7. The number of nitrogens with one attached hydrogen (secondary N) is 1. The molecule has 4 unspecified atom stereocenters. The summed E-state index contributed by atoms with van der Waals surface area (Å²) in [5.41, 5.74) is -0.0265. The topological polar surface area (TPSA) is 65.5 Å². The lowest BCUT2D eigenvalue weighted by molar-refractivity contribution is -0.138. The van der Waals surface area contributed by atoms with Crippen LogP contribution in [0.15, 0.2) is 12.3 Å². The van der Waals surface area contributed by atoms with Crippen LogP contribution >= 0.6 is 0 Å². The first-order valence-corrected chi connectivity index (χ1v) is 10.8. The summed E-state index contributed by atoms with van der Waals surface area (Å²) in [6.07, 6.45) is -0.601. The standard InChI is InChI=1S/C22H30F3N3O2/c1-12(11-29)14(3)27-17-4-5-21(8-17)13(2)19-7-18-15(10-28(19)20(21)30)6-16(9-26-18)22(23,24)25/h6,9,12-14,17,19,27,29H,4-5,7-8,10-11H2,1-3H3/t12?,13?,14?,17-,19?,21+/m1/s1. The van der Waals surface area contributed by atoms with Crippen molar-refractivity contribution >= 4 is 5.91 Å². The van der Waals surface area contributed by atoms with Gasteiger partial charge in [0.15, 0.2) is 0 Å². The molecular weight excluding hydrogens is 395 g/mol. The summed E-state index contributed by atoms with van der Waals surface area (Å²) in [6, 6.07) is 1.50. The molecule has 166 valence electrons. The van der Waals surface area contributed by atoms with Crippen LogP contribution < -0.4 is 5.32 Å². The Balaban J connectivity index is 1.53. The van der Waals surface area contributed by atoms with Crippen LogP contribution in [0.4, 0.5) is 13.2 Å². The van der Waals surface area contributed by atoms with Crippen LogP contribution in [0.5, 0.6) is 0 Å². The van der Waals surface area contributed by atoms with Gasteiger partial charge in [-0.15, -0.1) is 0 Å². The smallest absolute Gasteiger partial charge is 0.396 e. The lowest BCUT2D eigenvalue weighted by Crippen LogP contribution is -2.42. The second-order valence-electron chi connectivity index (χ2n) is 9.53. The highest BCUT2D eigenvalue weighted by Gasteiger charge is 2.60. The average molecular weight is 425 g/mol. The molecule has 0 bridgehead atoms. The zero-order valence-electron chi connectivity index (χ0n) is 17.7. The summed E-state index contributed by atoms with van der Waals surface area (Å²) >= 11 is 0. The zero-order chi connectivity index (χ0) is 21.8. The number of pyridine rings is 1. The molecular formula is C22H30F3N3O2. The molecule has 1 spiro atoms. The molecule has 1 aromatic rings. The SMILES string of the molecule is CC(CO)C(C)N[C@@H]1CC[C@@]2(C1)C(=O)N1Cc3cc(C(F)(F)F)cnc3CC1C2C. The van der Waals surface area contributed by atoms with Gasteiger partial charge in [-0.05, 0) is 49.7 Å². The van der Waals surface area contributed by atoms with Crippen LogP contribution in [0.1, 0.15) is 56.9 Å². The fourth-order valence-corrected chi connectivity index (χ4v) is 5.66. The Labute approximate surface area is 175 Å². The van der Waals surface area contributed by atoms with Crippen LogP contribution in [0, 0.1) is 17.3 Å². The van der Waals surface area contributed by atoms with Crippen molar-refractivity contribution in [3.8, 4) is 0 Å². The maximum atomic E-state index is 13.5. The number of nitrogens with zero attached hydrogens (tertiary/aromatic N) is 2. The number of alkyl halides is 3. The lowest BCUT2D eigenvalue weighted by atomic mass is 9.73. The first-order chi connectivity index (χ1) is 14.1. The Morgan fingerprint density at radius 3 is 2.80 bits per heavy atom. The van der Waals surface area contributed by atoms with E-state index in [9.17, 15) is 23.1 Å². The van der Waals surface area contributed by atoms with Gasteiger partial charge in [-0.3, -0.25) is 9.78 Å². The third-order valence-corrected chi connectivity index (χ3v) is 7.86. The van der Waals surface area contributed by atoms with E-state index in [0.29, 0.717) is 17.7 Å². The minimum absolute atomic E-state index is 0.0122. The fraction of sp³-hybridized carbons (Fsp3) is 0.727. The normalized spacial score (nSPS) is 33.0. The number of carbonyl (C=O) groups is 1. The average Bonchev–Trinajstić information content (AvgIpc) is 3.21. The molecule has 6 atom stereocenters. The van der Waals surface area contributed by atoms with Crippen molar-refractivity contribution in [2.75, 3.05) is 6.61 Å². The molecule has 1 aliphatic carbocycles. The Kier molecular flexibility index (Phi) is 5.37. The van der Waals surface area contributed by atoms with Gasteiger partial charge in [0.1, 0.15) is 0 Å². The van der Waals surface area contributed by atoms with Gasteiger partial charge in [-0.25, -0.2) is 0 Å². The van der Waals surface area contributed by atoms with Crippen LogP contribution in [-0.2, 0) is 23.9 Å². The van der Waals surface area contributed by atoms with Gasteiger partial charge in [0, 0.05) is 49.6 Å². The molecule has 4 rings (SSSR count). The number of rotatable bonds is 4. The summed E-state index contributed by atoms with van der Waals surface area (Å²) in [7, 11) is 0. The van der Waals surface area contributed by atoms with Crippen molar-refractivity contribution in [2.45, 2.75) is 77.3 Å². The number of carbonyl (C=O) groups excluding carboxylic acids is 1. The molecule has 8 heteroatoms. The molecule has 30 heavy (non-hydrogen) atoms. The number of aliphatic hydroxyl groups is 1. The van der Waals surface area contributed by atoms with Gasteiger partial charge >= 0.3 is 6.18 Å². The van der Waals surface area contributed by atoms with Crippen molar-refractivity contribution in [2.24, 2.45) is 17.3 Å². The predicted molar refractivity (Wildman–Crippen MR) is 105 cm³/mol. The Hall–Kier alpha value is -1.67. The van der Waals surface area contributed by atoms with Gasteiger partial charge in [-0.2, -0.15) is 13.2 Å². The molecule has 2 aliphatic heterocycles. The fourth-order valence-electron chi connectivity index (χ4n) is 5.66. The molecule has 1 saturated carbocycles. The van der Waals surface area contributed by atoms with Crippen LogP contribution in [0.25, 0.3) is 0 Å². The number of fused-ring (bicyclic) bond motifs is 2. The molecule has 1 amide bonds. The minimum Gasteiger partial charge on any atom is -0.396 e. The van der Waals surface area contributed by atoms with Crippen molar-refractivity contribution in [3.05, 3.63) is 29.1 Å². The van der Waals surface area contributed by atoms with Crippen LogP contribution in [0.2, 0.25) is 0 Å². The largest absolute Gasteiger partial charge is 0.417 e. The van der Waals surface area contributed by atoms with E-state index < -0.39 is 17.2 Å². The number of amides is 1. The van der Waals surface area contributed by atoms with Crippen LogP contribution in [0.3, 0.4) is 0 Å². The number of aromatic nitrogens is 1. The highest BCUT2D eigenvalue weighted by atomic mass is 19.4. The van der Waals surface area contributed by atoms with Crippen LogP contribution in [-0.4, -0.2) is 45.6 Å². The van der Waals surface area contributed by atoms with Gasteiger partial charge in [0.05, 0.1) is 11.0 Å². The maximum absolute atomic E-state index is 13.5. The summed E-state index contributed by atoms with van der Waals surface area (Å²) < 4.78 is 39.3. The minimum atomic E-state index is -4.44. The second-order valence-corrected chi connectivity index (χ2v) is 9.53. The quantitative estimate of drug-likeness (QED) is 0.778. The van der Waals surface area contributed by atoms with E-state index in [-0.39, 0.29) is 49.0 Å².